The van der Waals surface area contributed by atoms with Gasteiger partial charge >= 0.3 is 0 Å². The topological polar surface area (TPSA) is 55.6 Å². The summed E-state index contributed by atoms with van der Waals surface area (Å²) < 4.78 is 5.11. The smallest absolute Gasteiger partial charge is 0.242 e. The van der Waals surface area contributed by atoms with Gasteiger partial charge in [-0.15, -0.1) is 0 Å². The first-order valence-corrected chi connectivity index (χ1v) is 7.46. The quantitative estimate of drug-likeness (QED) is 0.803. The molecule has 0 bridgehead atoms. The Balaban J connectivity index is 2.72. The van der Waals surface area contributed by atoms with Gasteiger partial charge in [0.05, 0.1) is 12.1 Å². The molecule has 0 aromatic carbocycles. The molecule has 4 heteroatoms. The number of methoxy groups -OCH3 is 1. The second-order valence-corrected chi connectivity index (χ2v) is 6.50. The van der Waals surface area contributed by atoms with E-state index in [4.69, 9.17) is 10.5 Å². The average molecular weight is 270 g/mol. The summed E-state index contributed by atoms with van der Waals surface area (Å²) in [6.45, 7) is 8.41. The van der Waals surface area contributed by atoms with E-state index < -0.39 is 5.54 Å². The predicted molar refractivity (Wildman–Crippen MR) is 77.8 cm³/mol. The van der Waals surface area contributed by atoms with Crippen LogP contribution in [0.3, 0.4) is 0 Å². The third-order valence-electron chi connectivity index (χ3n) is 3.90. The van der Waals surface area contributed by atoms with Gasteiger partial charge in [-0.2, -0.15) is 0 Å². The molecule has 2 atom stereocenters. The highest BCUT2D eigenvalue weighted by Gasteiger charge is 2.40. The zero-order valence-electron chi connectivity index (χ0n) is 12.9. The number of hydrogen-bond acceptors (Lipinski definition) is 3. The lowest BCUT2D eigenvalue weighted by atomic mass is 9.76. The number of ether oxygens (including phenoxy) is 1. The summed E-state index contributed by atoms with van der Waals surface area (Å²) >= 11 is 0. The van der Waals surface area contributed by atoms with Crippen LogP contribution in [0, 0.1) is 11.8 Å². The Morgan fingerprint density at radius 2 is 2.21 bits per heavy atom. The molecule has 0 aromatic heterocycles. The Kier molecular flexibility index (Phi) is 6.27. The van der Waals surface area contributed by atoms with Gasteiger partial charge in [0, 0.05) is 20.2 Å². The van der Waals surface area contributed by atoms with E-state index in [1.807, 2.05) is 4.90 Å². The maximum Gasteiger partial charge on any atom is 0.242 e. The molecule has 2 N–H and O–H groups in total. The van der Waals surface area contributed by atoms with Crippen molar-refractivity contribution in [3.63, 3.8) is 0 Å². The van der Waals surface area contributed by atoms with E-state index in [1.165, 1.54) is 6.42 Å². The van der Waals surface area contributed by atoms with Crippen molar-refractivity contribution in [3.05, 3.63) is 0 Å². The highest BCUT2D eigenvalue weighted by Crippen LogP contribution is 2.32. The Hall–Kier alpha value is -0.610. The van der Waals surface area contributed by atoms with Gasteiger partial charge in [0.1, 0.15) is 0 Å². The summed E-state index contributed by atoms with van der Waals surface area (Å²) in [5.74, 6) is 1.11. The van der Waals surface area contributed by atoms with E-state index in [0.717, 1.165) is 25.8 Å². The first kappa shape index (κ1) is 16.4. The van der Waals surface area contributed by atoms with Crippen molar-refractivity contribution in [3.8, 4) is 0 Å². The van der Waals surface area contributed by atoms with Crippen LogP contribution in [0.5, 0.6) is 0 Å². The molecule has 4 nitrogen and oxygen atoms in total. The van der Waals surface area contributed by atoms with E-state index in [9.17, 15) is 4.79 Å². The van der Waals surface area contributed by atoms with Crippen LogP contribution >= 0.6 is 0 Å². The monoisotopic (exact) mass is 270 g/mol. The molecule has 1 fully saturated rings. The molecule has 0 heterocycles. The van der Waals surface area contributed by atoms with Gasteiger partial charge in [0.15, 0.2) is 0 Å². The minimum atomic E-state index is -0.652. The zero-order chi connectivity index (χ0) is 14.5. The molecule has 19 heavy (non-hydrogen) atoms. The lowest BCUT2D eigenvalue weighted by Crippen LogP contribution is -2.58. The molecule has 1 saturated carbocycles. The fourth-order valence-electron chi connectivity index (χ4n) is 3.02. The number of nitrogens with zero attached hydrogens (tertiary/aromatic N) is 1. The number of nitrogens with two attached hydrogens (primary N) is 1. The van der Waals surface area contributed by atoms with Crippen molar-refractivity contribution in [2.24, 2.45) is 17.6 Å². The van der Waals surface area contributed by atoms with Crippen LogP contribution in [0.4, 0.5) is 0 Å². The summed E-state index contributed by atoms with van der Waals surface area (Å²) in [4.78, 5) is 14.6. The molecule has 2 unspecified atom stereocenters. The van der Waals surface area contributed by atoms with Crippen molar-refractivity contribution in [1.82, 2.24) is 4.90 Å². The van der Waals surface area contributed by atoms with Crippen LogP contribution in [0.2, 0.25) is 0 Å². The number of hydrogen-bond donors (Lipinski definition) is 1. The van der Waals surface area contributed by atoms with Crippen LogP contribution in [-0.4, -0.2) is 43.2 Å². The normalized spacial score (nSPS) is 27.6. The summed E-state index contributed by atoms with van der Waals surface area (Å²) in [5, 5.41) is 0. The van der Waals surface area contributed by atoms with E-state index in [0.29, 0.717) is 25.0 Å². The van der Waals surface area contributed by atoms with Crippen LogP contribution in [0.1, 0.15) is 46.5 Å². The molecule has 0 spiro atoms. The van der Waals surface area contributed by atoms with Crippen molar-refractivity contribution < 1.29 is 9.53 Å². The van der Waals surface area contributed by atoms with Crippen LogP contribution in [0.15, 0.2) is 0 Å². The van der Waals surface area contributed by atoms with E-state index in [1.54, 1.807) is 7.11 Å². The van der Waals surface area contributed by atoms with Gasteiger partial charge in [-0.3, -0.25) is 4.79 Å². The predicted octanol–water partition coefficient (Wildman–Crippen LogP) is 2.02. The van der Waals surface area contributed by atoms with Gasteiger partial charge in [0.25, 0.3) is 0 Å². The summed E-state index contributed by atoms with van der Waals surface area (Å²) in [6.07, 6.45) is 3.88. The number of amides is 1. The van der Waals surface area contributed by atoms with Crippen molar-refractivity contribution >= 4 is 5.91 Å². The van der Waals surface area contributed by atoms with E-state index >= 15 is 0 Å². The highest BCUT2D eigenvalue weighted by atomic mass is 16.5. The van der Waals surface area contributed by atoms with Crippen molar-refractivity contribution in [2.75, 3.05) is 26.8 Å². The number of carbonyl (C=O) groups is 1. The Labute approximate surface area is 117 Å². The molecule has 0 saturated heterocycles. The van der Waals surface area contributed by atoms with Gasteiger partial charge in [-0.25, -0.2) is 0 Å². The van der Waals surface area contributed by atoms with Crippen molar-refractivity contribution in [1.29, 1.82) is 0 Å². The molecular weight excluding hydrogens is 240 g/mol. The van der Waals surface area contributed by atoms with E-state index in [-0.39, 0.29) is 5.91 Å². The largest absolute Gasteiger partial charge is 0.383 e. The Morgan fingerprint density at radius 1 is 1.53 bits per heavy atom. The highest BCUT2D eigenvalue weighted by molar-refractivity contribution is 5.86. The third kappa shape index (κ3) is 4.77. The van der Waals surface area contributed by atoms with Gasteiger partial charge < -0.3 is 15.4 Å². The summed E-state index contributed by atoms with van der Waals surface area (Å²) in [6, 6.07) is 0. The Morgan fingerprint density at radius 3 is 2.74 bits per heavy atom. The molecule has 1 aliphatic rings. The molecule has 1 aliphatic carbocycles. The SMILES string of the molecule is COCCN(CC(C)C)C(=O)C1(N)CCCC(C)C1. The lowest BCUT2D eigenvalue weighted by Gasteiger charge is -2.39. The molecular formula is C15H30N2O2. The van der Waals surface area contributed by atoms with Crippen molar-refractivity contribution in [2.45, 2.75) is 52.0 Å². The fourth-order valence-corrected chi connectivity index (χ4v) is 3.02. The molecule has 1 rings (SSSR count). The fraction of sp³-hybridized carbons (Fsp3) is 0.933. The first-order valence-electron chi connectivity index (χ1n) is 7.46. The van der Waals surface area contributed by atoms with Gasteiger partial charge in [-0.05, 0) is 24.7 Å². The minimum Gasteiger partial charge on any atom is -0.383 e. The van der Waals surface area contributed by atoms with Crippen LogP contribution in [0.25, 0.3) is 0 Å². The van der Waals surface area contributed by atoms with Crippen LogP contribution < -0.4 is 5.73 Å². The first-order chi connectivity index (χ1) is 8.89. The standard InChI is InChI=1S/C15H30N2O2/c1-12(2)11-17(8-9-19-4)14(18)15(16)7-5-6-13(3)10-15/h12-13H,5-11,16H2,1-4H3. The minimum absolute atomic E-state index is 0.116. The second-order valence-electron chi connectivity index (χ2n) is 6.50. The molecule has 1 amide bonds. The molecule has 0 aliphatic heterocycles. The number of carbonyl (C=O) groups excluding carboxylic acids is 1. The number of rotatable bonds is 6. The molecule has 0 aromatic rings. The van der Waals surface area contributed by atoms with Gasteiger partial charge in [-0.1, -0.05) is 33.6 Å². The summed E-state index contributed by atoms with van der Waals surface area (Å²) in [5.41, 5.74) is 5.76. The average Bonchev–Trinajstić information content (AvgIpc) is 2.32. The molecule has 0 radical (unpaired) electrons. The lowest BCUT2D eigenvalue weighted by molar-refractivity contribution is -0.140. The maximum atomic E-state index is 12.8. The zero-order valence-corrected chi connectivity index (χ0v) is 12.9. The Bertz CT molecular complexity index is 294. The second kappa shape index (κ2) is 7.25. The summed E-state index contributed by atoms with van der Waals surface area (Å²) in [7, 11) is 1.67. The van der Waals surface area contributed by atoms with Gasteiger partial charge in [0.2, 0.25) is 5.91 Å². The maximum absolute atomic E-state index is 12.8. The van der Waals surface area contributed by atoms with E-state index in [2.05, 4.69) is 20.8 Å². The molecule has 112 valence electrons. The van der Waals surface area contributed by atoms with Crippen LogP contribution in [-0.2, 0) is 9.53 Å². The third-order valence-corrected chi connectivity index (χ3v) is 3.90.